The van der Waals surface area contributed by atoms with E-state index in [9.17, 15) is 9.59 Å². The van der Waals surface area contributed by atoms with Crippen LogP contribution in [0.3, 0.4) is 0 Å². The number of hydrogen-bond acceptors (Lipinski definition) is 4. The maximum atomic E-state index is 12.4. The molecule has 3 rings (SSSR count). The third-order valence-electron chi connectivity index (χ3n) is 4.33. The number of piperidine rings is 1. The van der Waals surface area contributed by atoms with Crippen LogP contribution in [0.1, 0.15) is 19.3 Å². The largest absolute Gasteiger partial charge is 0.375 e. The van der Waals surface area contributed by atoms with E-state index in [1.165, 1.54) is 0 Å². The summed E-state index contributed by atoms with van der Waals surface area (Å²) in [6.07, 6.45) is 2.22. The number of ether oxygens (including phenoxy) is 1. The normalized spacial score (nSPS) is 34.8. The molecular weight excluding hydrogens is 246 g/mol. The third-order valence-corrected chi connectivity index (χ3v) is 4.33. The van der Waals surface area contributed by atoms with E-state index in [0.29, 0.717) is 19.6 Å². The zero-order chi connectivity index (χ0) is 13.2. The van der Waals surface area contributed by atoms with Crippen molar-refractivity contribution in [3.8, 4) is 0 Å². The molecule has 0 saturated carbocycles. The summed E-state index contributed by atoms with van der Waals surface area (Å²) in [4.78, 5) is 26.0. The Morgan fingerprint density at radius 1 is 1.42 bits per heavy atom. The van der Waals surface area contributed by atoms with Crippen molar-refractivity contribution in [2.24, 2.45) is 5.92 Å². The molecular formula is C13H21N3O3. The maximum Gasteiger partial charge on any atom is 0.225 e. The number of carbonyl (C=O) groups is 2. The fraction of sp³-hybridized carbons (Fsp3) is 0.846. The lowest BCUT2D eigenvalue weighted by atomic mass is 9.91. The maximum absolute atomic E-state index is 12.4. The van der Waals surface area contributed by atoms with E-state index < -0.39 is 0 Å². The quantitative estimate of drug-likeness (QED) is 0.680. The number of amides is 2. The van der Waals surface area contributed by atoms with Crippen molar-refractivity contribution in [2.45, 2.75) is 31.4 Å². The summed E-state index contributed by atoms with van der Waals surface area (Å²) in [7, 11) is 0. The number of nitrogens with one attached hydrogen (secondary N) is 2. The molecule has 0 aromatic rings. The summed E-state index contributed by atoms with van der Waals surface area (Å²) in [5.41, 5.74) is 0. The number of likely N-dealkylation sites (tertiary alicyclic amines) is 1. The predicted octanol–water partition coefficient (Wildman–Crippen LogP) is -0.898. The smallest absolute Gasteiger partial charge is 0.225 e. The Labute approximate surface area is 112 Å². The summed E-state index contributed by atoms with van der Waals surface area (Å²) < 4.78 is 5.58. The van der Waals surface area contributed by atoms with E-state index in [2.05, 4.69) is 10.6 Å². The summed E-state index contributed by atoms with van der Waals surface area (Å²) in [5.74, 6) is 0.237. The predicted molar refractivity (Wildman–Crippen MR) is 68.5 cm³/mol. The SMILES string of the molecule is O=C1NCC2C1CCCN2C(=O)CC1CNCCO1. The highest BCUT2D eigenvalue weighted by molar-refractivity contribution is 5.84. The van der Waals surface area contributed by atoms with Gasteiger partial charge in [0.25, 0.3) is 0 Å². The van der Waals surface area contributed by atoms with Crippen molar-refractivity contribution in [1.82, 2.24) is 15.5 Å². The first-order chi connectivity index (χ1) is 9.25. The zero-order valence-corrected chi connectivity index (χ0v) is 11.1. The van der Waals surface area contributed by atoms with Crippen LogP contribution in [0.25, 0.3) is 0 Å². The Balaban J connectivity index is 1.60. The second-order valence-corrected chi connectivity index (χ2v) is 5.55. The van der Waals surface area contributed by atoms with Crippen LogP contribution in [0.5, 0.6) is 0 Å². The van der Waals surface area contributed by atoms with E-state index in [0.717, 1.165) is 32.5 Å². The zero-order valence-electron chi connectivity index (χ0n) is 11.1. The average Bonchev–Trinajstić information content (AvgIpc) is 2.82. The molecule has 0 bridgehead atoms. The standard InChI is InChI=1S/C13H21N3O3/c17-12(6-9-7-14-3-5-19-9)16-4-1-2-10-11(16)8-15-13(10)18/h9-11,14H,1-8H2,(H,15,18). The van der Waals surface area contributed by atoms with E-state index in [-0.39, 0.29) is 29.9 Å². The van der Waals surface area contributed by atoms with Crippen LogP contribution in [0.15, 0.2) is 0 Å². The van der Waals surface area contributed by atoms with Gasteiger partial charge in [0.2, 0.25) is 11.8 Å². The molecule has 3 atom stereocenters. The van der Waals surface area contributed by atoms with Gasteiger partial charge in [-0.3, -0.25) is 9.59 Å². The van der Waals surface area contributed by atoms with Crippen molar-refractivity contribution in [2.75, 3.05) is 32.8 Å². The van der Waals surface area contributed by atoms with Gasteiger partial charge in [-0.25, -0.2) is 0 Å². The van der Waals surface area contributed by atoms with Crippen LogP contribution >= 0.6 is 0 Å². The molecule has 3 saturated heterocycles. The lowest BCUT2D eigenvalue weighted by molar-refractivity contribution is -0.139. The van der Waals surface area contributed by atoms with Crippen LogP contribution in [0.4, 0.5) is 0 Å². The molecule has 0 radical (unpaired) electrons. The van der Waals surface area contributed by atoms with E-state index in [1.807, 2.05) is 4.90 Å². The second-order valence-electron chi connectivity index (χ2n) is 5.55. The number of nitrogens with zero attached hydrogens (tertiary/aromatic N) is 1. The minimum absolute atomic E-state index is 0.00287. The molecule has 0 aromatic carbocycles. The molecule has 6 heteroatoms. The Bertz CT molecular complexity index is 368. The van der Waals surface area contributed by atoms with Gasteiger partial charge in [-0.15, -0.1) is 0 Å². The Morgan fingerprint density at radius 2 is 2.32 bits per heavy atom. The van der Waals surface area contributed by atoms with Crippen LogP contribution in [-0.4, -0.2) is 61.6 Å². The molecule has 3 fully saturated rings. The first-order valence-electron chi connectivity index (χ1n) is 7.15. The van der Waals surface area contributed by atoms with Gasteiger partial charge in [0.1, 0.15) is 0 Å². The Hall–Kier alpha value is -1.14. The van der Waals surface area contributed by atoms with Gasteiger partial charge in [0.05, 0.1) is 31.1 Å². The van der Waals surface area contributed by atoms with Gasteiger partial charge in [0, 0.05) is 26.2 Å². The van der Waals surface area contributed by atoms with Crippen LogP contribution in [0.2, 0.25) is 0 Å². The fourth-order valence-corrected chi connectivity index (χ4v) is 3.32. The molecule has 0 aliphatic carbocycles. The Kier molecular flexibility index (Phi) is 3.70. The van der Waals surface area contributed by atoms with Crippen molar-refractivity contribution in [1.29, 1.82) is 0 Å². The summed E-state index contributed by atoms with van der Waals surface area (Å²) in [6.45, 7) is 3.65. The van der Waals surface area contributed by atoms with Gasteiger partial charge in [-0.2, -0.15) is 0 Å². The monoisotopic (exact) mass is 267 g/mol. The molecule has 3 heterocycles. The number of morpholine rings is 1. The molecule has 0 aromatic heterocycles. The topological polar surface area (TPSA) is 70.7 Å². The van der Waals surface area contributed by atoms with Crippen LogP contribution < -0.4 is 10.6 Å². The first-order valence-corrected chi connectivity index (χ1v) is 7.15. The van der Waals surface area contributed by atoms with Crippen molar-refractivity contribution < 1.29 is 14.3 Å². The summed E-state index contributed by atoms with van der Waals surface area (Å²) in [6, 6.07) is 0.0605. The van der Waals surface area contributed by atoms with Crippen molar-refractivity contribution >= 4 is 11.8 Å². The first kappa shape index (κ1) is 12.9. The number of fused-ring (bicyclic) bond motifs is 1. The van der Waals surface area contributed by atoms with Gasteiger partial charge in [0.15, 0.2) is 0 Å². The highest BCUT2D eigenvalue weighted by atomic mass is 16.5. The van der Waals surface area contributed by atoms with Gasteiger partial charge >= 0.3 is 0 Å². The minimum Gasteiger partial charge on any atom is -0.375 e. The highest BCUT2D eigenvalue weighted by Crippen LogP contribution is 2.28. The Morgan fingerprint density at radius 3 is 3.11 bits per heavy atom. The molecule has 3 aliphatic rings. The molecule has 3 unspecified atom stereocenters. The van der Waals surface area contributed by atoms with E-state index >= 15 is 0 Å². The van der Waals surface area contributed by atoms with Gasteiger partial charge < -0.3 is 20.3 Å². The van der Waals surface area contributed by atoms with Crippen LogP contribution in [-0.2, 0) is 14.3 Å². The molecule has 2 N–H and O–H groups in total. The molecule has 19 heavy (non-hydrogen) atoms. The summed E-state index contributed by atoms with van der Waals surface area (Å²) >= 11 is 0. The van der Waals surface area contributed by atoms with Crippen molar-refractivity contribution in [3.63, 3.8) is 0 Å². The lowest BCUT2D eigenvalue weighted by Crippen LogP contribution is -2.50. The minimum atomic E-state index is -0.0216. The van der Waals surface area contributed by atoms with E-state index in [4.69, 9.17) is 4.74 Å². The molecule has 2 amide bonds. The second kappa shape index (κ2) is 5.46. The molecule has 0 spiro atoms. The lowest BCUT2D eigenvalue weighted by Gasteiger charge is -2.37. The van der Waals surface area contributed by atoms with Gasteiger partial charge in [-0.05, 0) is 12.8 Å². The number of rotatable bonds is 2. The summed E-state index contributed by atoms with van der Waals surface area (Å²) in [5, 5.41) is 6.11. The molecule has 3 aliphatic heterocycles. The fourth-order valence-electron chi connectivity index (χ4n) is 3.32. The highest BCUT2D eigenvalue weighted by Gasteiger charge is 2.42. The molecule has 6 nitrogen and oxygen atoms in total. The number of carbonyl (C=O) groups excluding carboxylic acids is 2. The van der Waals surface area contributed by atoms with Gasteiger partial charge in [-0.1, -0.05) is 0 Å². The third kappa shape index (κ3) is 2.60. The van der Waals surface area contributed by atoms with Crippen LogP contribution in [0, 0.1) is 5.92 Å². The number of hydrogen-bond donors (Lipinski definition) is 2. The molecule has 106 valence electrons. The average molecular weight is 267 g/mol. The van der Waals surface area contributed by atoms with E-state index in [1.54, 1.807) is 0 Å². The van der Waals surface area contributed by atoms with Crippen molar-refractivity contribution in [3.05, 3.63) is 0 Å².